The fourth-order valence-corrected chi connectivity index (χ4v) is 8.00. The van der Waals surface area contributed by atoms with Crippen LogP contribution in [0.4, 0.5) is 0 Å². The molecule has 3 aromatic rings. The summed E-state index contributed by atoms with van der Waals surface area (Å²) in [5.74, 6) is -1.34. The summed E-state index contributed by atoms with van der Waals surface area (Å²) in [5, 5.41) is 3.98. The number of hydrogen-bond acceptors (Lipinski definition) is 6. The molecule has 8 nitrogen and oxygen atoms in total. The molecule has 0 unspecified atom stereocenters. The van der Waals surface area contributed by atoms with Gasteiger partial charge in [0.25, 0.3) is 5.91 Å². The van der Waals surface area contributed by atoms with E-state index in [0.29, 0.717) is 6.42 Å². The number of sulfone groups is 2. The molecule has 1 N–H and O–H groups in total. The van der Waals surface area contributed by atoms with Crippen molar-refractivity contribution in [3.05, 3.63) is 63.5 Å². The standard InChI is InChI=1S/C22H24IN3O5S2/c1-3-13-32(28,29)20-18-11-7-8-12-26(18)19(21(20)33(30,31)14-4-2)22(27)25-24-15-16-9-5-6-10-17(16)23/h5-12,15H,3-4,13-14H2,1-2H3,(H,25,27)/b24-15+. The molecule has 0 bridgehead atoms. The Labute approximate surface area is 207 Å². The molecular formula is C22H24IN3O5S2. The lowest BCUT2D eigenvalue weighted by Crippen LogP contribution is -2.23. The van der Waals surface area contributed by atoms with Gasteiger partial charge in [0.05, 0.1) is 23.2 Å². The van der Waals surface area contributed by atoms with Crippen LogP contribution in [0.2, 0.25) is 0 Å². The number of nitrogens with zero attached hydrogens (tertiary/aromatic N) is 2. The molecule has 1 aromatic carbocycles. The summed E-state index contributed by atoms with van der Waals surface area (Å²) in [6.45, 7) is 3.38. The molecule has 0 spiro atoms. The molecule has 2 aromatic heterocycles. The minimum atomic E-state index is -4.08. The summed E-state index contributed by atoms with van der Waals surface area (Å²) >= 11 is 2.13. The number of hydrazone groups is 1. The first-order chi connectivity index (χ1) is 15.6. The second-order valence-electron chi connectivity index (χ2n) is 7.32. The highest BCUT2D eigenvalue weighted by Gasteiger charge is 2.36. The van der Waals surface area contributed by atoms with Crippen LogP contribution in [0.3, 0.4) is 0 Å². The van der Waals surface area contributed by atoms with Crippen molar-refractivity contribution >= 4 is 59.9 Å². The fraction of sp³-hybridized carbons (Fsp3) is 0.273. The van der Waals surface area contributed by atoms with Crippen molar-refractivity contribution < 1.29 is 21.6 Å². The molecule has 0 radical (unpaired) electrons. The molecule has 3 rings (SSSR count). The highest BCUT2D eigenvalue weighted by atomic mass is 127. The Bertz CT molecular complexity index is 1430. The van der Waals surface area contributed by atoms with Crippen LogP contribution in [-0.4, -0.2) is 44.9 Å². The van der Waals surface area contributed by atoms with Crippen LogP contribution in [0.5, 0.6) is 0 Å². The minimum absolute atomic E-state index is 0.146. The van der Waals surface area contributed by atoms with E-state index >= 15 is 0 Å². The van der Waals surface area contributed by atoms with E-state index in [2.05, 4.69) is 33.1 Å². The Balaban J connectivity index is 2.22. The SMILES string of the molecule is CCCS(=O)(=O)c1c(S(=O)(=O)CCC)c2ccccn2c1C(=O)N/N=C/c1ccccc1I. The van der Waals surface area contributed by atoms with Gasteiger partial charge in [-0.1, -0.05) is 38.1 Å². The van der Waals surface area contributed by atoms with E-state index in [0.717, 1.165) is 9.13 Å². The molecule has 2 heterocycles. The predicted molar refractivity (Wildman–Crippen MR) is 136 cm³/mol. The second kappa shape index (κ2) is 10.3. The number of rotatable bonds is 9. The molecule has 0 saturated carbocycles. The van der Waals surface area contributed by atoms with E-state index in [1.54, 1.807) is 26.0 Å². The molecule has 176 valence electrons. The molecule has 0 saturated heterocycles. The largest absolute Gasteiger partial charge is 0.310 e. The van der Waals surface area contributed by atoms with E-state index < -0.39 is 30.5 Å². The third-order valence-corrected chi connectivity index (χ3v) is 9.87. The molecule has 1 amide bonds. The number of hydrogen-bond donors (Lipinski definition) is 1. The van der Waals surface area contributed by atoms with Gasteiger partial charge in [-0.25, -0.2) is 22.3 Å². The minimum Gasteiger partial charge on any atom is -0.310 e. The lowest BCUT2D eigenvalue weighted by Gasteiger charge is -2.08. The number of halogens is 1. The number of carbonyl (C=O) groups is 1. The number of carbonyl (C=O) groups excluding carboxylic acids is 1. The Hall–Kier alpha value is -2.25. The highest BCUT2D eigenvalue weighted by molar-refractivity contribution is 14.1. The van der Waals surface area contributed by atoms with Crippen LogP contribution in [0.1, 0.15) is 42.7 Å². The van der Waals surface area contributed by atoms with Gasteiger partial charge in [0.15, 0.2) is 19.7 Å². The van der Waals surface area contributed by atoms with Gasteiger partial charge in [0.2, 0.25) is 0 Å². The Morgan fingerprint density at radius 1 is 0.970 bits per heavy atom. The number of fused-ring (bicyclic) bond motifs is 1. The van der Waals surface area contributed by atoms with Crippen molar-refractivity contribution in [1.82, 2.24) is 9.83 Å². The maximum Gasteiger partial charge on any atom is 0.289 e. The molecular weight excluding hydrogens is 577 g/mol. The topological polar surface area (TPSA) is 114 Å². The van der Waals surface area contributed by atoms with E-state index in [9.17, 15) is 21.6 Å². The zero-order valence-corrected chi connectivity index (χ0v) is 21.9. The number of pyridine rings is 1. The zero-order chi connectivity index (χ0) is 24.2. The lowest BCUT2D eigenvalue weighted by atomic mass is 10.2. The van der Waals surface area contributed by atoms with Gasteiger partial charge in [-0.15, -0.1) is 0 Å². The lowest BCUT2D eigenvalue weighted by molar-refractivity contribution is 0.0945. The van der Waals surface area contributed by atoms with E-state index in [1.165, 1.54) is 22.9 Å². The Morgan fingerprint density at radius 3 is 2.21 bits per heavy atom. The molecule has 0 aliphatic heterocycles. The maximum atomic E-state index is 13.2. The first-order valence-electron chi connectivity index (χ1n) is 10.3. The third-order valence-electron chi connectivity index (χ3n) is 4.81. The normalized spacial score (nSPS) is 12.5. The molecule has 0 atom stereocenters. The fourth-order valence-electron chi connectivity index (χ4n) is 3.49. The van der Waals surface area contributed by atoms with E-state index in [-0.39, 0.29) is 34.0 Å². The van der Waals surface area contributed by atoms with Crippen LogP contribution in [-0.2, 0) is 19.7 Å². The van der Waals surface area contributed by atoms with Crippen molar-refractivity contribution in [1.29, 1.82) is 0 Å². The molecule has 0 aliphatic rings. The monoisotopic (exact) mass is 601 g/mol. The van der Waals surface area contributed by atoms with E-state index in [1.807, 2.05) is 24.3 Å². The van der Waals surface area contributed by atoms with Crippen molar-refractivity contribution in [2.45, 2.75) is 36.5 Å². The summed E-state index contributed by atoms with van der Waals surface area (Å²) < 4.78 is 55.0. The highest BCUT2D eigenvalue weighted by Crippen LogP contribution is 2.34. The van der Waals surface area contributed by atoms with Crippen LogP contribution < -0.4 is 5.43 Å². The number of amides is 1. The molecule has 0 aliphatic carbocycles. The number of aromatic nitrogens is 1. The molecule has 33 heavy (non-hydrogen) atoms. The van der Waals surface area contributed by atoms with Gasteiger partial charge in [-0.05, 0) is 53.6 Å². The summed E-state index contributed by atoms with van der Waals surface area (Å²) in [5.41, 5.74) is 3.01. The zero-order valence-electron chi connectivity index (χ0n) is 18.2. The first kappa shape index (κ1) is 25.4. The predicted octanol–water partition coefficient (Wildman–Crippen LogP) is 3.68. The summed E-state index contributed by atoms with van der Waals surface area (Å²) in [7, 11) is -8.05. The average molecular weight is 601 g/mol. The van der Waals surface area contributed by atoms with Gasteiger partial charge < -0.3 is 4.40 Å². The van der Waals surface area contributed by atoms with Crippen LogP contribution in [0.25, 0.3) is 5.52 Å². The smallest absolute Gasteiger partial charge is 0.289 e. The number of nitrogens with one attached hydrogen (secondary N) is 1. The van der Waals surface area contributed by atoms with Gasteiger partial charge in [-0.3, -0.25) is 4.79 Å². The van der Waals surface area contributed by atoms with Crippen molar-refractivity contribution in [3.8, 4) is 0 Å². The summed E-state index contributed by atoms with van der Waals surface area (Å²) in [6.07, 6.45) is 3.50. The van der Waals surface area contributed by atoms with Crippen molar-refractivity contribution in [2.75, 3.05) is 11.5 Å². The molecule has 0 fully saturated rings. The van der Waals surface area contributed by atoms with Crippen molar-refractivity contribution in [2.24, 2.45) is 5.10 Å². The summed E-state index contributed by atoms with van der Waals surface area (Å²) in [4.78, 5) is 12.4. The second-order valence-corrected chi connectivity index (χ2v) is 12.6. The summed E-state index contributed by atoms with van der Waals surface area (Å²) in [6, 6.07) is 12.1. The third kappa shape index (κ3) is 5.30. The first-order valence-corrected chi connectivity index (χ1v) is 14.7. The van der Waals surface area contributed by atoms with Gasteiger partial charge >= 0.3 is 0 Å². The van der Waals surface area contributed by atoms with E-state index in [4.69, 9.17) is 0 Å². The van der Waals surface area contributed by atoms with Crippen LogP contribution >= 0.6 is 22.6 Å². The quantitative estimate of drug-likeness (QED) is 0.229. The number of benzene rings is 1. The van der Waals surface area contributed by atoms with Crippen LogP contribution in [0.15, 0.2) is 63.6 Å². The van der Waals surface area contributed by atoms with Gasteiger partial charge in [0, 0.05) is 15.3 Å². The Morgan fingerprint density at radius 2 is 1.58 bits per heavy atom. The van der Waals surface area contributed by atoms with Gasteiger partial charge in [0.1, 0.15) is 15.5 Å². The average Bonchev–Trinajstić information content (AvgIpc) is 3.12. The van der Waals surface area contributed by atoms with Crippen molar-refractivity contribution in [3.63, 3.8) is 0 Å². The van der Waals surface area contributed by atoms with Crippen LogP contribution in [0, 0.1) is 3.57 Å². The maximum absolute atomic E-state index is 13.2. The molecule has 11 heteroatoms. The Kier molecular flexibility index (Phi) is 7.96. The van der Waals surface area contributed by atoms with Gasteiger partial charge in [-0.2, -0.15) is 5.10 Å².